The highest BCUT2D eigenvalue weighted by Crippen LogP contribution is 2.45. The number of carbonyl (C=O) groups is 4. The van der Waals surface area contributed by atoms with Crippen molar-refractivity contribution in [2.75, 3.05) is 6.54 Å². The zero-order valence-corrected chi connectivity index (χ0v) is 26.9. The first-order chi connectivity index (χ1) is 20.4. The van der Waals surface area contributed by atoms with Crippen LogP contribution in [0.1, 0.15) is 60.4 Å². The molecule has 238 valence electrons. The average molecular weight is 651 g/mol. The summed E-state index contributed by atoms with van der Waals surface area (Å²) in [6, 6.07) is 2.10. The predicted octanol–water partition coefficient (Wildman–Crippen LogP) is 3.87. The first-order valence-electron chi connectivity index (χ1n) is 14.1. The van der Waals surface area contributed by atoms with Gasteiger partial charge in [-0.3, -0.25) is 9.59 Å². The van der Waals surface area contributed by atoms with E-state index in [-0.39, 0.29) is 25.2 Å². The van der Waals surface area contributed by atoms with E-state index in [2.05, 4.69) is 32.6 Å². The van der Waals surface area contributed by atoms with Crippen molar-refractivity contribution in [1.82, 2.24) is 35.7 Å². The second kappa shape index (κ2) is 12.0. The molecule has 2 fully saturated rings. The Kier molecular flexibility index (Phi) is 9.05. The second-order valence-electron chi connectivity index (χ2n) is 13.2. The molecule has 2 heterocycles. The zero-order valence-electron chi connectivity index (χ0n) is 25.4. The lowest BCUT2D eigenvalue weighted by molar-refractivity contribution is -0.146. The first kappa shape index (κ1) is 33.2. The number of nitrogens with zero attached hydrogens (tertiary/aromatic N) is 5. The van der Waals surface area contributed by atoms with Crippen LogP contribution in [0.15, 0.2) is 30.9 Å². The van der Waals surface area contributed by atoms with Gasteiger partial charge in [-0.05, 0) is 56.0 Å². The smallest absolute Gasteiger partial charge is 0.408 e. The van der Waals surface area contributed by atoms with Crippen LogP contribution in [0.2, 0.25) is 10.0 Å². The summed E-state index contributed by atoms with van der Waals surface area (Å²) in [4.78, 5) is 55.4. The molecule has 1 aromatic heterocycles. The molecule has 0 bridgehead atoms. The van der Waals surface area contributed by atoms with Crippen LogP contribution in [-0.2, 0) is 19.1 Å². The number of carbonyl (C=O) groups excluding carboxylic acids is 3. The van der Waals surface area contributed by atoms with Crippen LogP contribution in [0.25, 0.3) is 11.4 Å². The molecule has 3 N–H and O–H groups in total. The number of alkyl carbamates (subject to hydrolysis) is 1. The van der Waals surface area contributed by atoms with E-state index in [1.165, 1.54) is 15.8 Å². The van der Waals surface area contributed by atoms with Gasteiger partial charge in [-0.1, -0.05) is 50.0 Å². The first-order valence-corrected chi connectivity index (χ1v) is 14.8. The molecule has 1 saturated carbocycles. The van der Waals surface area contributed by atoms with Gasteiger partial charge in [0.25, 0.3) is 0 Å². The van der Waals surface area contributed by atoms with Crippen molar-refractivity contribution in [2.24, 2.45) is 11.3 Å². The molecule has 4 rings (SSSR count). The maximum absolute atomic E-state index is 14.2. The highest BCUT2D eigenvalue weighted by Gasteiger charge is 2.61. The van der Waals surface area contributed by atoms with Crippen molar-refractivity contribution in [1.29, 1.82) is 0 Å². The number of nitrogens with one attached hydrogen (secondary N) is 2. The van der Waals surface area contributed by atoms with E-state index in [0.29, 0.717) is 15.6 Å². The molecule has 44 heavy (non-hydrogen) atoms. The van der Waals surface area contributed by atoms with Crippen LogP contribution in [0.5, 0.6) is 0 Å². The van der Waals surface area contributed by atoms with Gasteiger partial charge in [0, 0.05) is 24.4 Å². The van der Waals surface area contributed by atoms with E-state index in [4.69, 9.17) is 27.9 Å². The Labute approximate surface area is 265 Å². The Morgan fingerprint density at radius 2 is 1.84 bits per heavy atom. The number of hydrogen-bond donors (Lipinski definition) is 3. The van der Waals surface area contributed by atoms with Crippen LogP contribution in [-0.4, -0.2) is 83.9 Å². The summed E-state index contributed by atoms with van der Waals surface area (Å²) < 4.78 is 5.40. The van der Waals surface area contributed by atoms with Gasteiger partial charge >= 0.3 is 12.1 Å². The number of tetrazole rings is 1. The number of carboxylic acid groups (broad SMARTS) is 1. The largest absolute Gasteiger partial charge is 0.479 e. The van der Waals surface area contributed by atoms with E-state index in [9.17, 15) is 24.3 Å². The van der Waals surface area contributed by atoms with E-state index in [1.807, 2.05) is 0 Å². The van der Waals surface area contributed by atoms with Crippen molar-refractivity contribution in [3.8, 4) is 11.4 Å². The number of halogens is 2. The number of carboxylic acids is 1. The minimum atomic E-state index is -1.50. The lowest BCUT2D eigenvalue weighted by Gasteiger charge is -2.36. The third kappa shape index (κ3) is 6.99. The van der Waals surface area contributed by atoms with Crippen LogP contribution < -0.4 is 10.6 Å². The fourth-order valence-corrected chi connectivity index (χ4v) is 5.46. The molecule has 5 unspecified atom stereocenters. The van der Waals surface area contributed by atoms with Gasteiger partial charge in [-0.15, -0.1) is 16.8 Å². The molecule has 15 heteroatoms. The average Bonchev–Trinajstić information content (AvgIpc) is 3.23. The molecule has 1 saturated heterocycles. The van der Waals surface area contributed by atoms with E-state index in [0.717, 1.165) is 0 Å². The molecule has 13 nitrogen and oxygen atoms in total. The molecule has 2 aliphatic rings. The Morgan fingerprint density at radius 3 is 2.39 bits per heavy atom. The summed E-state index contributed by atoms with van der Waals surface area (Å²) in [6.45, 7) is 14.1. The molecule has 5 atom stereocenters. The molecule has 1 aromatic carbocycles. The van der Waals surface area contributed by atoms with Crippen LogP contribution >= 0.6 is 23.2 Å². The second-order valence-corrected chi connectivity index (χ2v) is 14.0. The van der Waals surface area contributed by atoms with Gasteiger partial charge < -0.3 is 25.4 Å². The van der Waals surface area contributed by atoms with E-state index < -0.39 is 64.5 Å². The normalized spacial score (nSPS) is 23.9. The van der Waals surface area contributed by atoms with Gasteiger partial charge in [-0.25, -0.2) is 9.59 Å². The number of ether oxygens (including phenoxy) is 1. The Morgan fingerprint density at radius 1 is 1.16 bits per heavy atom. The number of aliphatic carboxylic acids is 1. The van der Waals surface area contributed by atoms with Gasteiger partial charge in [0.05, 0.1) is 16.1 Å². The summed E-state index contributed by atoms with van der Waals surface area (Å²) in [6.07, 6.45) is 0.943. The minimum Gasteiger partial charge on any atom is -0.479 e. The predicted molar refractivity (Wildman–Crippen MR) is 162 cm³/mol. The zero-order chi connectivity index (χ0) is 32.8. The number of amides is 3. The van der Waals surface area contributed by atoms with Gasteiger partial charge in [0.15, 0.2) is 0 Å². The topological polar surface area (TPSA) is 169 Å². The molecule has 1 aliphatic carbocycles. The number of rotatable bonds is 8. The van der Waals surface area contributed by atoms with Gasteiger partial charge in [0.1, 0.15) is 23.2 Å². The van der Waals surface area contributed by atoms with Crippen LogP contribution in [0.3, 0.4) is 0 Å². The lowest BCUT2D eigenvalue weighted by Crippen LogP contribution is -2.59. The number of benzene rings is 1. The molecular formula is C29H37Cl2N7O6. The standard InChI is InChI=1S/C29H37Cl2N7O6/c1-8-16-13-29(16,25(41)42)33-23(39)20-12-17(38-35-22(34-36-38)15-9-10-18(30)19(31)11-15)14-37(20)24(40)21(27(2,3)4)32-26(43)44-28(5,6)7/h8-11,16-17,20-21H,1,12-14H2,2-7H3,(H,32,43)(H,33,39)(H,41,42). The van der Waals surface area contributed by atoms with Crippen molar-refractivity contribution in [2.45, 2.75) is 83.6 Å². The maximum Gasteiger partial charge on any atom is 0.408 e. The Hall–Kier alpha value is -3.71. The molecule has 0 radical (unpaired) electrons. The fourth-order valence-electron chi connectivity index (χ4n) is 5.16. The third-order valence-electron chi connectivity index (χ3n) is 7.60. The Balaban J connectivity index is 1.65. The highest BCUT2D eigenvalue weighted by molar-refractivity contribution is 6.42. The van der Waals surface area contributed by atoms with Crippen molar-refractivity contribution >= 4 is 47.1 Å². The summed E-state index contributed by atoms with van der Waals surface area (Å²) in [5.41, 5.74) is -2.53. The van der Waals surface area contributed by atoms with Crippen molar-refractivity contribution in [3.05, 3.63) is 40.9 Å². The van der Waals surface area contributed by atoms with Crippen LogP contribution in [0, 0.1) is 11.3 Å². The minimum absolute atomic E-state index is 0.0123. The molecule has 0 spiro atoms. The molecule has 2 aromatic rings. The fraction of sp³-hybridized carbons (Fsp3) is 0.552. The third-order valence-corrected chi connectivity index (χ3v) is 8.34. The van der Waals surface area contributed by atoms with Gasteiger partial charge in [0.2, 0.25) is 17.6 Å². The summed E-state index contributed by atoms with van der Waals surface area (Å²) in [5, 5.41) is 28.6. The maximum atomic E-state index is 14.2. The molecular weight excluding hydrogens is 613 g/mol. The highest BCUT2D eigenvalue weighted by atomic mass is 35.5. The van der Waals surface area contributed by atoms with Gasteiger partial charge in [-0.2, -0.15) is 4.80 Å². The van der Waals surface area contributed by atoms with E-state index >= 15 is 0 Å². The van der Waals surface area contributed by atoms with Crippen molar-refractivity contribution in [3.63, 3.8) is 0 Å². The number of hydrogen-bond acceptors (Lipinski definition) is 8. The number of likely N-dealkylation sites (tertiary alicyclic amines) is 1. The molecule has 1 aliphatic heterocycles. The summed E-state index contributed by atoms with van der Waals surface area (Å²) >= 11 is 12.2. The Bertz CT molecular complexity index is 1480. The SMILES string of the molecule is C=CC1CC1(NC(=O)C1CC(n2nnc(-c3ccc(Cl)c(Cl)c3)n2)CN1C(=O)C(NC(=O)OC(C)(C)C)C(C)(C)C)C(=O)O. The molecule has 3 amide bonds. The number of aromatic nitrogens is 4. The monoisotopic (exact) mass is 649 g/mol. The van der Waals surface area contributed by atoms with Crippen molar-refractivity contribution < 1.29 is 29.0 Å². The van der Waals surface area contributed by atoms with Crippen LogP contribution in [0.4, 0.5) is 4.79 Å². The summed E-state index contributed by atoms with van der Waals surface area (Å²) in [5.74, 6) is -2.58. The summed E-state index contributed by atoms with van der Waals surface area (Å²) in [7, 11) is 0. The lowest BCUT2D eigenvalue weighted by atomic mass is 9.85. The van der Waals surface area contributed by atoms with E-state index in [1.54, 1.807) is 59.7 Å². The quantitative estimate of drug-likeness (QED) is 0.359.